The van der Waals surface area contributed by atoms with Crippen LogP contribution in [0.2, 0.25) is 0 Å². The fourth-order valence-electron chi connectivity index (χ4n) is 2.62. The first-order valence-electron chi connectivity index (χ1n) is 8.96. The lowest BCUT2D eigenvalue weighted by Crippen LogP contribution is -2.36. The minimum Gasteiger partial charge on any atom is -0.507 e. The number of aromatic hydroxyl groups is 1. The number of carbonyl (C=O) groups is 1. The van der Waals surface area contributed by atoms with E-state index in [4.69, 9.17) is 0 Å². The van der Waals surface area contributed by atoms with Crippen LogP contribution >= 0.6 is 27.7 Å². The van der Waals surface area contributed by atoms with Crippen LogP contribution in [0.15, 0.2) is 57.2 Å². The van der Waals surface area contributed by atoms with E-state index in [0.717, 1.165) is 27.6 Å². The van der Waals surface area contributed by atoms with Gasteiger partial charge in [0.25, 0.3) is 11.7 Å². The van der Waals surface area contributed by atoms with E-state index >= 15 is 0 Å². The third-order valence-corrected chi connectivity index (χ3v) is 5.58. The third kappa shape index (κ3) is 5.45. The van der Waals surface area contributed by atoms with Crippen molar-refractivity contribution in [3.05, 3.63) is 58.1 Å². The molecule has 0 aliphatic heterocycles. The van der Waals surface area contributed by atoms with Gasteiger partial charge in [-0.2, -0.15) is 5.10 Å². The standard InChI is InChI=1S/C20H20BrN5O2S/c1-3-26-19(14-6-4-13(2)5-7-14)24-25-20(26)29-12-18(28)23-22-11-15-10-16(21)8-9-17(15)27/h4-11H,3,12H2,1-2H3,(H2,22,23,27,28)/p+1. The molecule has 0 bridgehead atoms. The summed E-state index contributed by atoms with van der Waals surface area (Å²) in [6, 6.07) is 13.2. The van der Waals surface area contributed by atoms with Gasteiger partial charge < -0.3 is 5.11 Å². The predicted octanol–water partition coefficient (Wildman–Crippen LogP) is 3.40. The maximum absolute atomic E-state index is 12.1. The highest BCUT2D eigenvalue weighted by Crippen LogP contribution is 2.20. The van der Waals surface area contributed by atoms with Crippen molar-refractivity contribution in [1.82, 2.24) is 15.6 Å². The molecular formula is C20H21BrN5O2S+. The molecule has 0 atom stereocenters. The molecule has 29 heavy (non-hydrogen) atoms. The molecule has 0 saturated heterocycles. The molecule has 0 unspecified atom stereocenters. The average Bonchev–Trinajstić information content (AvgIpc) is 3.12. The number of hydrogen-bond acceptors (Lipinski definition) is 5. The molecule has 0 fully saturated rings. The summed E-state index contributed by atoms with van der Waals surface area (Å²) in [5.74, 6) is 0.895. The molecule has 0 aliphatic rings. The van der Waals surface area contributed by atoms with E-state index in [0.29, 0.717) is 5.56 Å². The number of amides is 1. The normalized spacial score (nSPS) is 11.1. The number of hydrogen-bond donors (Lipinski definition) is 3. The second kappa shape index (κ2) is 9.71. The van der Waals surface area contributed by atoms with Crippen LogP contribution in [0.1, 0.15) is 18.1 Å². The van der Waals surface area contributed by atoms with Crippen LogP contribution in [-0.2, 0) is 11.3 Å². The Balaban J connectivity index is 1.61. The number of aromatic amines is 1. The molecule has 3 aromatic rings. The molecule has 7 nitrogen and oxygen atoms in total. The largest absolute Gasteiger partial charge is 0.507 e. The first-order chi connectivity index (χ1) is 14.0. The minimum atomic E-state index is -0.261. The number of phenolic OH excluding ortho intramolecular Hbond substituents is 1. The summed E-state index contributed by atoms with van der Waals surface area (Å²) in [5.41, 5.74) is 5.21. The SMILES string of the molecule is CC[n+]1c(SCC(=O)N/N=C/c2cc(Br)ccc2O)n[nH]c1-c1ccc(C)cc1. The summed E-state index contributed by atoms with van der Waals surface area (Å²) >= 11 is 4.66. The fourth-order valence-corrected chi connectivity index (χ4v) is 3.81. The predicted molar refractivity (Wildman–Crippen MR) is 117 cm³/mol. The molecule has 3 N–H and O–H groups in total. The molecular weight excluding hydrogens is 454 g/mol. The number of aromatic nitrogens is 3. The number of nitrogens with zero attached hydrogens (tertiary/aromatic N) is 3. The van der Waals surface area contributed by atoms with Crippen molar-refractivity contribution in [1.29, 1.82) is 0 Å². The molecule has 150 valence electrons. The summed E-state index contributed by atoms with van der Waals surface area (Å²) in [5, 5.41) is 21.8. The molecule has 0 saturated carbocycles. The molecule has 2 aromatic carbocycles. The number of thioether (sulfide) groups is 1. The molecule has 0 aliphatic carbocycles. The van der Waals surface area contributed by atoms with E-state index in [-0.39, 0.29) is 17.4 Å². The molecule has 9 heteroatoms. The summed E-state index contributed by atoms with van der Waals surface area (Å²) in [6.45, 7) is 4.81. The van der Waals surface area contributed by atoms with E-state index < -0.39 is 0 Å². The summed E-state index contributed by atoms with van der Waals surface area (Å²) in [6.07, 6.45) is 1.40. The van der Waals surface area contributed by atoms with Crippen molar-refractivity contribution in [2.24, 2.45) is 5.10 Å². The Hall–Kier alpha value is -2.65. The topological polar surface area (TPSA) is 94.2 Å². The van der Waals surface area contributed by atoms with E-state index in [1.165, 1.54) is 23.5 Å². The zero-order valence-corrected chi connectivity index (χ0v) is 18.4. The van der Waals surface area contributed by atoms with Crippen LogP contribution in [0.4, 0.5) is 0 Å². The van der Waals surface area contributed by atoms with Gasteiger partial charge in [-0.3, -0.25) is 4.79 Å². The first-order valence-corrected chi connectivity index (χ1v) is 10.7. The Kier molecular flexibility index (Phi) is 7.05. The Bertz CT molecular complexity index is 1030. The van der Waals surface area contributed by atoms with Crippen molar-refractivity contribution >= 4 is 39.8 Å². The number of hydrazone groups is 1. The van der Waals surface area contributed by atoms with Crippen molar-refractivity contribution in [2.75, 3.05) is 5.75 Å². The van der Waals surface area contributed by atoms with Gasteiger partial charge in [-0.15, -0.1) is 5.10 Å². The van der Waals surface area contributed by atoms with E-state index in [1.807, 2.05) is 30.5 Å². The van der Waals surface area contributed by atoms with Crippen LogP contribution in [-0.4, -0.2) is 33.2 Å². The lowest BCUT2D eigenvalue weighted by molar-refractivity contribution is -0.719. The van der Waals surface area contributed by atoms with Gasteiger partial charge in [0.2, 0.25) is 0 Å². The first kappa shape index (κ1) is 21.1. The number of halogens is 1. The summed E-state index contributed by atoms with van der Waals surface area (Å²) in [4.78, 5) is 12.1. The highest BCUT2D eigenvalue weighted by atomic mass is 79.9. The van der Waals surface area contributed by atoms with Gasteiger partial charge in [-0.05, 0) is 55.9 Å². The smallest absolute Gasteiger partial charge is 0.337 e. The number of benzene rings is 2. The maximum Gasteiger partial charge on any atom is 0.337 e. The Morgan fingerprint density at radius 1 is 1.34 bits per heavy atom. The Morgan fingerprint density at radius 2 is 2.10 bits per heavy atom. The van der Waals surface area contributed by atoms with Crippen molar-refractivity contribution < 1.29 is 14.5 Å². The second-order valence-corrected chi connectivity index (χ2v) is 8.11. The number of carbonyl (C=O) groups excluding carboxylic acids is 1. The number of phenols is 1. The van der Waals surface area contributed by atoms with Crippen LogP contribution in [0, 0.1) is 6.92 Å². The van der Waals surface area contributed by atoms with Gasteiger partial charge in [0, 0.05) is 10.0 Å². The van der Waals surface area contributed by atoms with E-state index in [1.54, 1.807) is 18.2 Å². The Labute approximate surface area is 181 Å². The highest BCUT2D eigenvalue weighted by Gasteiger charge is 2.21. The minimum absolute atomic E-state index is 0.0877. The summed E-state index contributed by atoms with van der Waals surface area (Å²) in [7, 11) is 0. The van der Waals surface area contributed by atoms with Crippen molar-refractivity contribution in [2.45, 2.75) is 25.5 Å². The van der Waals surface area contributed by atoms with Crippen LogP contribution in [0.3, 0.4) is 0 Å². The Morgan fingerprint density at radius 3 is 2.83 bits per heavy atom. The third-order valence-electron chi connectivity index (χ3n) is 4.11. The molecule has 0 spiro atoms. The zero-order chi connectivity index (χ0) is 20.8. The fraction of sp³-hybridized carbons (Fsp3) is 0.200. The van der Waals surface area contributed by atoms with Gasteiger partial charge in [0.05, 0.1) is 29.2 Å². The van der Waals surface area contributed by atoms with E-state index in [2.05, 4.69) is 48.8 Å². The molecule has 3 rings (SSSR count). The van der Waals surface area contributed by atoms with Gasteiger partial charge in [0.1, 0.15) is 5.75 Å². The van der Waals surface area contributed by atoms with Gasteiger partial charge in [0.15, 0.2) is 0 Å². The highest BCUT2D eigenvalue weighted by molar-refractivity contribution is 9.10. The molecule has 1 heterocycles. The van der Waals surface area contributed by atoms with Crippen molar-refractivity contribution in [3.8, 4) is 17.1 Å². The molecule has 1 amide bonds. The number of aryl methyl sites for hydroxylation is 1. The van der Waals surface area contributed by atoms with Crippen LogP contribution < -0.4 is 9.99 Å². The van der Waals surface area contributed by atoms with Gasteiger partial charge in [-0.25, -0.2) is 9.99 Å². The monoisotopic (exact) mass is 474 g/mol. The van der Waals surface area contributed by atoms with Crippen LogP contribution in [0.5, 0.6) is 5.75 Å². The molecule has 1 aromatic heterocycles. The lowest BCUT2D eigenvalue weighted by atomic mass is 10.1. The van der Waals surface area contributed by atoms with Gasteiger partial charge >= 0.3 is 5.16 Å². The van der Waals surface area contributed by atoms with Crippen LogP contribution in [0.25, 0.3) is 11.4 Å². The maximum atomic E-state index is 12.1. The lowest BCUT2D eigenvalue weighted by Gasteiger charge is -2.02. The number of nitrogens with one attached hydrogen (secondary N) is 2. The number of H-pyrrole nitrogens is 1. The van der Waals surface area contributed by atoms with Gasteiger partial charge in [-0.1, -0.05) is 33.6 Å². The average molecular weight is 475 g/mol. The van der Waals surface area contributed by atoms with E-state index in [9.17, 15) is 9.90 Å². The number of rotatable bonds is 7. The summed E-state index contributed by atoms with van der Waals surface area (Å²) < 4.78 is 2.84. The molecule has 0 radical (unpaired) electrons. The quantitative estimate of drug-likeness (QED) is 0.211. The zero-order valence-electron chi connectivity index (χ0n) is 16.0. The second-order valence-electron chi connectivity index (χ2n) is 6.25. The van der Waals surface area contributed by atoms with Crippen molar-refractivity contribution in [3.63, 3.8) is 0 Å².